The number of hydroxylamine groups is 2. The molecule has 3 rings (SSSR count). The molecule has 0 saturated carbocycles. The summed E-state index contributed by atoms with van der Waals surface area (Å²) >= 11 is 0. The van der Waals surface area contributed by atoms with Crippen LogP contribution in [-0.2, 0) is 20.1 Å². The predicted molar refractivity (Wildman–Crippen MR) is 85.2 cm³/mol. The highest BCUT2D eigenvalue weighted by molar-refractivity contribution is 7.87. The number of rotatable bonds is 2. The number of carbonyl (C=O) groups is 1. The number of amides is 1. The van der Waals surface area contributed by atoms with E-state index in [4.69, 9.17) is 0 Å². The molecule has 1 amide bonds. The van der Waals surface area contributed by atoms with Gasteiger partial charge in [0.05, 0.1) is 5.56 Å². The zero-order valence-electron chi connectivity index (χ0n) is 13.9. The molecule has 0 fully saturated rings. The Bertz CT molecular complexity index is 1040. The molecule has 0 radical (unpaired) electrons. The first-order chi connectivity index (χ1) is 11.8. The Kier molecular flexibility index (Phi) is 3.88. The maximum Gasteiger partial charge on any atom is 0.525 e. The van der Waals surface area contributed by atoms with Crippen molar-refractivity contribution in [2.75, 3.05) is 0 Å². The Morgan fingerprint density at radius 1 is 1.12 bits per heavy atom. The molecule has 0 spiro atoms. The van der Waals surface area contributed by atoms with Gasteiger partial charge in [-0.15, -0.1) is 4.28 Å². The van der Waals surface area contributed by atoms with Crippen LogP contribution in [0.3, 0.4) is 0 Å². The number of aliphatic hydroxyl groups is 1. The van der Waals surface area contributed by atoms with Crippen LogP contribution in [0.1, 0.15) is 34.0 Å². The second-order valence-electron chi connectivity index (χ2n) is 6.20. The Balaban J connectivity index is 2.30. The van der Waals surface area contributed by atoms with E-state index in [1.165, 1.54) is 6.07 Å². The highest BCUT2D eigenvalue weighted by atomic mass is 32.2. The first-order valence-electron chi connectivity index (χ1n) is 7.40. The normalized spacial score (nSPS) is 20.7. The Hall–Kier alpha value is -2.17. The molecule has 6 nitrogen and oxygen atoms in total. The molecule has 0 saturated heterocycles. The predicted octanol–water partition coefficient (Wildman–Crippen LogP) is 2.86. The summed E-state index contributed by atoms with van der Waals surface area (Å²) in [4.78, 5) is 12.8. The van der Waals surface area contributed by atoms with Gasteiger partial charge >= 0.3 is 15.6 Å². The summed E-state index contributed by atoms with van der Waals surface area (Å²) in [6, 6.07) is 6.34. The molecule has 1 atom stereocenters. The second-order valence-corrected chi connectivity index (χ2v) is 7.73. The van der Waals surface area contributed by atoms with Crippen LogP contribution in [0.25, 0.3) is 10.8 Å². The van der Waals surface area contributed by atoms with Crippen molar-refractivity contribution in [2.45, 2.75) is 32.0 Å². The molecule has 1 N–H and O–H groups in total. The van der Waals surface area contributed by atoms with Gasteiger partial charge in [-0.05, 0) is 37.3 Å². The second kappa shape index (κ2) is 5.41. The molecule has 1 heterocycles. The highest BCUT2D eigenvalue weighted by Crippen LogP contribution is 2.43. The summed E-state index contributed by atoms with van der Waals surface area (Å²) in [7, 11) is -6.15. The van der Waals surface area contributed by atoms with Gasteiger partial charge in [-0.3, -0.25) is 4.79 Å². The summed E-state index contributed by atoms with van der Waals surface area (Å²) in [5.74, 6) is -1.18. The maximum absolute atomic E-state index is 12.8. The third-order valence-corrected chi connectivity index (χ3v) is 5.28. The van der Waals surface area contributed by atoms with Crippen LogP contribution in [0.15, 0.2) is 24.3 Å². The van der Waals surface area contributed by atoms with Crippen LogP contribution in [0, 0.1) is 13.8 Å². The van der Waals surface area contributed by atoms with E-state index in [1.54, 1.807) is 32.0 Å². The standard InChI is InChI=1S/C16H14F3NO5S/c1-8-5-7-11-13-10(8)6-4-9(2)12(13)14(21)20(15(11,3)22)25-26(23,24)16(17,18)19/h4-7,22H,1-3H3. The molecule has 0 bridgehead atoms. The average molecular weight is 389 g/mol. The lowest BCUT2D eigenvalue weighted by Gasteiger charge is -2.40. The Morgan fingerprint density at radius 2 is 1.69 bits per heavy atom. The van der Waals surface area contributed by atoms with Gasteiger partial charge < -0.3 is 5.11 Å². The van der Waals surface area contributed by atoms with Crippen LogP contribution in [0.2, 0.25) is 0 Å². The molecular formula is C16H14F3NO5S. The third kappa shape index (κ3) is 2.48. The van der Waals surface area contributed by atoms with E-state index in [-0.39, 0.29) is 16.2 Å². The molecule has 10 heteroatoms. The van der Waals surface area contributed by atoms with Gasteiger partial charge in [0, 0.05) is 10.9 Å². The summed E-state index contributed by atoms with van der Waals surface area (Å²) in [5, 5.41) is 11.6. The van der Waals surface area contributed by atoms with Gasteiger partial charge in [0.25, 0.3) is 5.91 Å². The van der Waals surface area contributed by atoms with E-state index in [9.17, 15) is 31.5 Å². The molecule has 2 aromatic carbocycles. The lowest BCUT2D eigenvalue weighted by molar-refractivity contribution is -0.209. The van der Waals surface area contributed by atoms with Crippen molar-refractivity contribution in [3.05, 3.63) is 46.5 Å². The Labute approximate surface area is 146 Å². The van der Waals surface area contributed by atoms with Crippen LogP contribution in [-0.4, -0.2) is 30.0 Å². The largest absolute Gasteiger partial charge is 0.525 e. The van der Waals surface area contributed by atoms with Gasteiger partial charge in [-0.1, -0.05) is 24.3 Å². The van der Waals surface area contributed by atoms with Crippen molar-refractivity contribution < 1.29 is 35.8 Å². The molecule has 1 aliphatic rings. The maximum atomic E-state index is 12.8. The fraction of sp³-hybridized carbons (Fsp3) is 0.312. The van der Waals surface area contributed by atoms with Crippen LogP contribution in [0.4, 0.5) is 13.2 Å². The number of halogens is 3. The number of benzene rings is 2. The first-order valence-corrected chi connectivity index (χ1v) is 8.81. The minimum Gasteiger partial charge on any atom is -0.365 e. The van der Waals surface area contributed by atoms with Crippen molar-refractivity contribution in [3.8, 4) is 0 Å². The summed E-state index contributed by atoms with van der Waals surface area (Å²) in [5.41, 5.74) is -6.95. The van der Waals surface area contributed by atoms with Gasteiger partial charge in [-0.2, -0.15) is 26.7 Å². The van der Waals surface area contributed by atoms with E-state index in [0.29, 0.717) is 16.3 Å². The number of hydrogen-bond acceptors (Lipinski definition) is 5. The SMILES string of the molecule is Cc1ccc2c(C)ccc3c2c1C(=O)N(OS(=O)(=O)C(F)(F)F)C3(C)O. The zero-order chi connectivity index (χ0) is 19.7. The molecule has 26 heavy (non-hydrogen) atoms. The lowest BCUT2D eigenvalue weighted by Crippen LogP contribution is -2.52. The third-order valence-electron chi connectivity index (χ3n) is 4.37. The van der Waals surface area contributed by atoms with Gasteiger partial charge in [-0.25, -0.2) is 0 Å². The smallest absolute Gasteiger partial charge is 0.365 e. The summed E-state index contributed by atoms with van der Waals surface area (Å²) in [6.07, 6.45) is 0. The zero-order valence-corrected chi connectivity index (χ0v) is 14.7. The lowest BCUT2D eigenvalue weighted by atomic mass is 9.85. The van der Waals surface area contributed by atoms with Gasteiger partial charge in [0.2, 0.25) is 0 Å². The molecule has 1 aliphatic heterocycles. The van der Waals surface area contributed by atoms with E-state index >= 15 is 0 Å². The molecular weight excluding hydrogens is 375 g/mol. The quantitative estimate of drug-likeness (QED) is 0.799. The molecule has 0 aromatic heterocycles. The van der Waals surface area contributed by atoms with Crippen molar-refractivity contribution >= 4 is 26.8 Å². The van der Waals surface area contributed by atoms with E-state index in [2.05, 4.69) is 4.28 Å². The molecule has 1 unspecified atom stereocenters. The number of nitrogens with zero attached hydrogens (tertiary/aromatic N) is 1. The molecule has 140 valence electrons. The number of alkyl halides is 3. The van der Waals surface area contributed by atoms with Crippen molar-refractivity contribution in [2.24, 2.45) is 0 Å². The van der Waals surface area contributed by atoms with Gasteiger partial charge in [0.15, 0.2) is 5.72 Å². The monoisotopic (exact) mass is 389 g/mol. The molecule has 2 aromatic rings. The summed E-state index contributed by atoms with van der Waals surface area (Å²) in [6.45, 7) is 4.32. The van der Waals surface area contributed by atoms with Crippen molar-refractivity contribution in [1.29, 1.82) is 0 Å². The number of aryl methyl sites for hydroxylation is 2. The minimum atomic E-state index is -6.15. The average Bonchev–Trinajstić information content (AvgIpc) is 2.49. The van der Waals surface area contributed by atoms with Crippen LogP contribution in [0.5, 0.6) is 0 Å². The van der Waals surface area contributed by atoms with Gasteiger partial charge in [0.1, 0.15) is 0 Å². The summed E-state index contributed by atoms with van der Waals surface area (Å²) < 4.78 is 64.9. The fourth-order valence-electron chi connectivity index (χ4n) is 3.02. The van der Waals surface area contributed by atoms with E-state index in [0.717, 1.165) is 12.5 Å². The minimum absolute atomic E-state index is 0.0231. The Morgan fingerprint density at radius 3 is 2.27 bits per heavy atom. The van der Waals surface area contributed by atoms with Crippen LogP contribution >= 0.6 is 0 Å². The topological polar surface area (TPSA) is 83.9 Å². The van der Waals surface area contributed by atoms with Crippen LogP contribution < -0.4 is 0 Å². The first kappa shape index (κ1) is 18.6. The van der Waals surface area contributed by atoms with Crippen molar-refractivity contribution in [1.82, 2.24) is 5.06 Å². The van der Waals surface area contributed by atoms with E-state index in [1.807, 2.05) is 0 Å². The van der Waals surface area contributed by atoms with Crippen molar-refractivity contribution in [3.63, 3.8) is 0 Å². The molecule has 0 aliphatic carbocycles. The van der Waals surface area contributed by atoms with E-state index < -0.39 is 27.3 Å². The number of carbonyl (C=O) groups excluding carboxylic acids is 1. The highest BCUT2D eigenvalue weighted by Gasteiger charge is 2.54. The number of hydrogen-bond donors (Lipinski definition) is 1. The fourth-order valence-corrected chi connectivity index (χ4v) is 3.52.